The van der Waals surface area contributed by atoms with Crippen molar-refractivity contribution >= 4 is 11.9 Å². The number of amides is 3. The smallest absolute Gasteiger partial charge is 0.321 e. The molecule has 0 bridgehead atoms. The van der Waals surface area contributed by atoms with E-state index < -0.39 is 6.03 Å². The highest BCUT2D eigenvalue weighted by Gasteiger charge is 2.24. The van der Waals surface area contributed by atoms with E-state index in [1.807, 2.05) is 37.3 Å². The molecule has 0 aliphatic carbocycles. The standard InChI is InChI=1S/C15H21N3O2/c1-12(18-9-5-6-10-18)14(19)17-15(20)16-11-13-7-3-2-4-8-13/h2-4,7-8,12H,5-6,9-11H2,1H3,(H2,16,17,19,20)/t12-/m1/s1. The molecule has 20 heavy (non-hydrogen) atoms. The fourth-order valence-corrected chi connectivity index (χ4v) is 2.33. The van der Waals surface area contributed by atoms with Crippen molar-refractivity contribution in [3.63, 3.8) is 0 Å². The molecule has 2 rings (SSSR count). The largest absolute Gasteiger partial charge is 0.334 e. The van der Waals surface area contributed by atoms with Gasteiger partial charge in [0, 0.05) is 6.54 Å². The van der Waals surface area contributed by atoms with Crippen molar-refractivity contribution in [2.24, 2.45) is 0 Å². The Morgan fingerprint density at radius 1 is 1.20 bits per heavy atom. The summed E-state index contributed by atoms with van der Waals surface area (Å²) in [7, 11) is 0. The van der Waals surface area contributed by atoms with Gasteiger partial charge in [-0.3, -0.25) is 15.0 Å². The highest BCUT2D eigenvalue weighted by Crippen LogP contribution is 2.11. The van der Waals surface area contributed by atoms with Gasteiger partial charge in [0.15, 0.2) is 0 Å². The number of carbonyl (C=O) groups is 2. The van der Waals surface area contributed by atoms with Crippen molar-refractivity contribution in [2.75, 3.05) is 13.1 Å². The minimum absolute atomic E-state index is 0.238. The zero-order chi connectivity index (χ0) is 14.4. The lowest BCUT2D eigenvalue weighted by molar-refractivity contribution is -0.124. The summed E-state index contributed by atoms with van der Waals surface area (Å²) in [6, 6.07) is 8.91. The van der Waals surface area contributed by atoms with Gasteiger partial charge < -0.3 is 5.32 Å². The molecule has 0 aromatic heterocycles. The molecule has 1 aliphatic rings. The third-order valence-corrected chi connectivity index (χ3v) is 3.60. The van der Waals surface area contributed by atoms with E-state index in [-0.39, 0.29) is 11.9 Å². The van der Waals surface area contributed by atoms with Crippen molar-refractivity contribution in [1.29, 1.82) is 0 Å². The summed E-state index contributed by atoms with van der Waals surface area (Å²) in [5.41, 5.74) is 1.00. The lowest BCUT2D eigenvalue weighted by atomic mass is 10.2. The minimum Gasteiger partial charge on any atom is -0.334 e. The van der Waals surface area contributed by atoms with Crippen LogP contribution in [-0.2, 0) is 11.3 Å². The molecule has 5 nitrogen and oxygen atoms in total. The number of likely N-dealkylation sites (tertiary alicyclic amines) is 1. The molecule has 1 aromatic rings. The van der Waals surface area contributed by atoms with Crippen LogP contribution in [0.25, 0.3) is 0 Å². The molecule has 1 heterocycles. The number of rotatable bonds is 4. The fourth-order valence-electron chi connectivity index (χ4n) is 2.33. The lowest BCUT2D eigenvalue weighted by Gasteiger charge is -2.22. The molecule has 5 heteroatoms. The summed E-state index contributed by atoms with van der Waals surface area (Å²) in [6.07, 6.45) is 2.25. The molecule has 0 saturated carbocycles. The van der Waals surface area contributed by atoms with Gasteiger partial charge >= 0.3 is 6.03 Å². The van der Waals surface area contributed by atoms with Crippen LogP contribution < -0.4 is 10.6 Å². The van der Waals surface area contributed by atoms with Crippen LogP contribution in [0.1, 0.15) is 25.3 Å². The first-order valence-electron chi connectivity index (χ1n) is 7.03. The van der Waals surface area contributed by atoms with Gasteiger partial charge in [0.1, 0.15) is 0 Å². The summed E-state index contributed by atoms with van der Waals surface area (Å²) < 4.78 is 0. The second kappa shape index (κ2) is 7.05. The molecule has 1 saturated heterocycles. The molecule has 1 aromatic carbocycles. The molecule has 1 atom stereocenters. The predicted octanol–water partition coefficient (Wildman–Crippen LogP) is 1.50. The highest BCUT2D eigenvalue weighted by molar-refractivity contribution is 5.96. The average Bonchev–Trinajstić information content (AvgIpc) is 2.99. The van der Waals surface area contributed by atoms with Crippen LogP contribution in [0.15, 0.2) is 30.3 Å². The SMILES string of the molecule is C[C@H](C(=O)NC(=O)NCc1ccccc1)N1CCCC1. The van der Waals surface area contributed by atoms with Crippen LogP contribution in [-0.4, -0.2) is 36.0 Å². The van der Waals surface area contributed by atoms with Crippen molar-refractivity contribution in [3.8, 4) is 0 Å². The summed E-state index contributed by atoms with van der Waals surface area (Å²) in [4.78, 5) is 25.7. The van der Waals surface area contributed by atoms with Gasteiger partial charge in [-0.25, -0.2) is 4.79 Å². The number of urea groups is 1. The molecule has 0 spiro atoms. The molecule has 108 valence electrons. The number of carbonyl (C=O) groups excluding carboxylic acids is 2. The number of nitrogens with zero attached hydrogens (tertiary/aromatic N) is 1. The first-order valence-corrected chi connectivity index (χ1v) is 7.03. The summed E-state index contributed by atoms with van der Waals surface area (Å²) in [5, 5.41) is 5.08. The molecule has 0 radical (unpaired) electrons. The van der Waals surface area contributed by atoms with Gasteiger partial charge in [-0.05, 0) is 38.4 Å². The van der Waals surface area contributed by atoms with Crippen molar-refractivity contribution in [3.05, 3.63) is 35.9 Å². The number of hydrogen-bond acceptors (Lipinski definition) is 3. The first-order chi connectivity index (χ1) is 9.66. The van der Waals surface area contributed by atoms with Crippen molar-refractivity contribution < 1.29 is 9.59 Å². The maximum atomic E-state index is 11.9. The predicted molar refractivity (Wildman–Crippen MR) is 77.1 cm³/mol. The van der Waals surface area contributed by atoms with Gasteiger partial charge in [0.2, 0.25) is 5.91 Å². The number of imide groups is 1. The molecule has 0 unspecified atom stereocenters. The van der Waals surface area contributed by atoms with Crippen LogP contribution in [0, 0.1) is 0 Å². The normalized spacial score (nSPS) is 16.6. The monoisotopic (exact) mass is 275 g/mol. The minimum atomic E-state index is -0.440. The first kappa shape index (κ1) is 14.5. The van der Waals surface area contributed by atoms with E-state index in [1.165, 1.54) is 0 Å². The molecular formula is C15H21N3O2. The molecule has 1 fully saturated rings. The van der Waals surface area contributed by atoms with Gasteiger partial charge in [-0.15, -0.1) is 0 Å². The van der Waals surface area contributed by atoms with Gasteiger partial charge in [0.25, 0.3) is 0 Å². The summed E-state index contributed by atoms with van der Waals surface area (Å²) >= 11 is 0. The maximum absolute atomic E-state index is 11.9. The maximum Gasteiger partial charge on any atom is 0.321 e. The Kier molecular flexibility index (Phi) is 5.12. The van der Waals surface area contributed by atoms with E-state index >= 15 is 0 Å². The second-order valence-electron chi connectivity index (χ2n) is 5.08. The van der Waals surface area contributed by atoms with E-state index in [0.29, 0.717) is 6.54 Å². The quantitative estimate of drug-likeness (QED) is 0.875. The van der Waals surface area contributed by atoms with Crippen LogP contribution in [0.4, 0.5) is 4.79 Å². The number of nitrogens with one attached hydrogen (secondary N) is 2. The third kappa shape index (κ3) is 4.06. The van der Waals surface area contributed by atoms with Crippen molar-refractivity contribution in [2.45, 2.75) is 32.4 Å². The molecular weight excluding hydrogens is 254 g/mol. The Morgan fingerprint density at radius 3 is 2.50 bits per heavy atom. The fraction of sp³-hybridized carbons (Fsp3) is 0.467. The highest BCUT2D eigenvalue weighted by atomic mass is 16.2. The zero-order valence-electron chi connectivity index (χ0n) is 11.8. The van der Waals surface area contributed by atoms with Crippen LogP contribution in [0.2, 0.25) is 0 Å². The number of hydrogen-bond donors (Lipinski definition) is 2. The van der Waals surface area contributed by atoms with Crippen LogP contribution >= 0.6 is 0 Å². The summed E-state index contributed by atoms with van der Waals surface area (Å²) in [5.74, 6) is -0.238. The third-order valence-electron chi connectivity index (χ3n) is 3.60. The Balaban J connectivity index is 1.74. The van der Waals surface area contributed by atoms with Gasteiger partial charge in [-0.2, -0.15) is 0 Å². The second-order valence-corrected chi connectivity index (χ2v) is 5.08. The summed E-state index contributed by atoms with van der Waals surface area (Å²) in [6.45, 7) is 4.11. The van der Waals surface area contributed by atoms with E-state index in [0.717, 1.165) is 31.5 Å². The zero-order valence-corrected chi connectivity index (χ0v) is 11.8. The van der Waals surface area contributed by atoms with Crippen molar-refractivity contribution in [1.82, 2.24) is 15.5 Å². The Morgan fingerprint density at radius 2 is 1.85 bits per heavy atom. The van der Waals surface area contributed by atoms with Gasteiger partial charge in [0.05, 0.1) is 6.04 Å². The van der Waals surface area contributed by atoms with Crippen LogP contribution in [0.5, 0.6) is 0 Å². The van der Waals surface area contributed by atoms with Gasteiger partial charge in [-0.1, -0.05) is 30.3 Å². The lowest BCUT2D eigenvalue weighted by Crippen LogP contribution is -2.48. The topological polar surface area (TPSA) is 61.4 Å². The number of benzene rings is 1. The molecule has 3 amide bonds. The van der Waals surface area contributed by atoms with Crippen LogP contribution in [0.3, 0.4) is 0 Å². The average molecular weight is 275 g/mol. The van der Waals surface area contributed by atoms with E-state index in [1.54, 1.807) is 0 Å². The Hall–Kier alpha value is -1.88. The van der Waals surface area contributed by atoms with E-state index in [9.17, 15) is 9.59 Å². The van der Waals surface area contributed by atoms with E-state index in [2.05, 4.69) is 15.5 Å². The Labute approximate surface area is 119 Å². The van der Waals surface area contributed by atoms with E-state index in [4.69, 9.17) is 0 Å². The molecule has 1 aliphatic heterocycles. The Bertz CT molecular complexity index is 455. The molecule has 2 N–H and O–H groups in total.